The Morgan fingerprint density at radius 3 is 1.50 bits per heavy atom. The van der Waals surface area contributed by atoms with E-state index < -0.39 is 6.85 Å². The van der Waals surface area contributed by atoms with Crippen molar-refractivity contribution in [3.05, 3.63) is 238 Å². The van der Waals surface area contributed by atoms with Crippen LogP contribution in [0.5, 0.6) is 0 Å². The number of hydrogen-bond donors (Lipinski definition) is 0. The number of thiazole rings is 2. The van der Waals surface area contributed by atoms with Crippen LogP contribution in [0, 0.1) is 31.8 Å². The topological polar surface area (TPSA) is 63.8 Å². The second kappa shape index (κ2) is 17.2. The molecule has 4 heterocycles. The maximum Gasteiger partial charge on any atom is 0.327 e. The highest BCUT2D eigenvalue weighted by atomic mass is 32.1. The van der Waals surface area contributed by atoms with E-state index in [1.54, 1.807) is 0 Å². The molecule has 11 rings (SSSR count). The van der Waals surface area contributed by atoms with Crippen LogP contribution in [-0.2, 0) is 0 Å². The first-order valence-corrected chi connectivity index (χ1v) is 23.4. The molecule has 0 bridgehead atoms. The molecular formula is C56H38B2N6S2. The Kier molecular flexibility index (Phi) is 10.6. The molecule has 310 valence electrons. The third-order valence-electron chi connectivity index (χ3n) is 12.4. The number of aryl methyl sites for hydroxylation is 2. The van der Waals surface area contributed by atoms with Crippen molar-refractivity contribution in [2.75, 3.05) is 0 Å². The zero-order valence-electron chi connectivity index (χ0n) is 36.1. The summed E-state index contributed by atoms with van der Waals surface area (Å²) in [6.45, 7) is 12.8. The van der Waals surface area contributed by atoms with Crippen molar-refractivity contribution >= 4 is 101 Å². The van der Waals surface area contributed by atoms with Crippen LogP contribution in [0.2, 0.25) is 0 Å². The summed E-state index contributed by atoms with van der Waals surface area (Å²) in [6.07, 6.45) is 0. The lowest BCUT2D eigenvalue weighted by atomic mass is 9.50. The van der Waals surface area contributed by atoms with E-state index in [1.165, 1.54) is 22.7 Å². The Labute approximate surface area is 391 Å². The van der Waals surface area contributed by atoms with Crippen molar-refractivity contribution < 1.29 is 0 Å². The van der Waals surface area contributed by atoms with Crippen LogP contribution in [0.4, 0.5) is 0 Å². The van der Waals surface area contributed by atoms with E-state index in [0.717, 1.165) is 86.3 Å². The summed E-state index contributed by atoms with van der Waals surface area (Å²) >= 11 is 3.06. The lowest BCUT2D eigenvalue weighted by molar-refractivity contribution is 1.07. The monoisotopic (exact) mass is 880 g/mol. The average Bonchev–Trinajstić information content (AvgIpc) is 4.14. The van der Waals surface area contributed by atoms with Gasteiger partial charge in [0.05, 0.1) is 32.4 Å². The predicted molar refractivity (Wildman–Crippen MR) is 277 cm³/mol. The van der Waals surface area contributed by atoms with E-state index in [9.17, 15) is 11.8 Å². The minimum atomic E-state index is -0.399. The van der Waals surface area contributed by atoms with E-state index in [1.807, 2.05) is 60.7 Å². The SMILES string of the molecule is [C-]#[N+]/C(c1nc2ccccc2s1)=c1\c2c(C)n(B(c3ccccc3)c3ccccc3)/c(=C(/C#N)c3nc4ccccc4s3)c2c(-c2cccc(C)c2)n1B(c1ccccc1)c1ccccc1. The quantitative estimate of drug-likeness (QED) is 0.108. The van der Waals surface area contributed by atoms with E-state index in [2.05, 4.69) is 167 Å². The van der Waals surface area contributed by atoms with Crippen LogP contribution in [0.1, 0.15) is 21.3 Å². The lowest BCUT2D eigenvalue weighted by Crippen LogP contribution is -2.54. The third-order valence-corrected chi connectivity index (χ3v) is 14.5. The second-order valence-electron chi connectivity index (χ2n) is 16.4. The molecule has 7 aromatic carbocycles. The van der Waals surface area contributed by atoms with Gasteiger partial charge in [0.1, 0.15) is 21.7 Å². The van der Waals surface area contributed by atoms with Gasteiger partial charge in [0, 0.05) is 27.5 Å². The summed E-state index contributed by atoms with van der Waals surface area (Å²) in [5.74, 6) is 0. The Bertz CT molecular complexity index is 3580. The smallest absolute Gasteiger partial charge is 0.327 e. The summed E-state index contributed by atoms with van der Waals surface area (Å²) in [5, 5.41) is 16.3. The molecule has 0 radical (unpaired) electrons. The van der Waals surface area contributed by atoms with Crippen molar-refractivity contribution in [1.82, 2.24) is 18.9 Å². The number of aromatic nitrogens is 4. The molecule has 0 fully saturated rings. The Morgan fingerprint density at radius 1 is 0.545 bits per heavy atom. The normalized spacial score (nSPS) is 12.2. The molecule has 66 heavy (non-hydrogen) atoms. The van der Waals surface area contributed by atoms with Crippen LogP contribution in [0.25, 0.3) is 58.6 Å². The molecule has 0 aliphatic heterocycles. The molecule has 0 aliphatic rings. The summed E-state index contributed by atoms with van der Waals surface area (Å²) < 4.78 is 6.74. The summed E-state index contributed by atoms with van der Waals surface area (Å²) in [7, 11) is 0. The number of hydrogen-bond acceptors (Lipinski definition) is 5. The van der Waals surface area contributed by atoms with Crippen LogP contribution in [0.3, 0.4) is 0 Å². The standard InChI is InChI=1S/C56H38B2N6S2/c1-37-21-20-22-39(35-37)52-50-49(54(51(60-3)56-62-46-32-17-19-34-48(46)66-56)64(52)58(42-27-12-6-13-28-42)43-29-14-7-15-30-43)38(2)63(57(40-23-8-4-9-24-40)41-25-10-5-11-26-41)53(50)44(36-59)55-61-45-31-16-18-33-47(45)65-55/h4-35H,1-2H3/b53-44-,54-51+. The van der Waals surface area contributed by atoms with Gasteiger partial charge in [-0.2, -0.15) is 5.26 Å². The van der Waals surface area contributed by atoms with Crippen LogP contribution < -0.4 is 32.5 Å². The molecule has 0 saturated heterocycles. The summed E-state index contributed by atoms with van der Waals surface area (Å²) in [4.78, 5) is 14.9. The molecule has 6 nitrogen and oxygen atoms in total. The van der Waals surface area contributed by atoms with Gasteiger partial charge in [0.2, 0.25) is 5.70 Å². The first kappa shape index (κ1) is 40.7. The van der Waals surface area contributed by atoms with Crippen LogP contribution >= 0.6 is 22.7 Å². The van der Waals surface area contributed by atoms with Gasteiger partial charge in [-0.25, -0.2) is 14.8 Å². The molecule has 11 aromatic rings. The van der Waals surface area contributed by atoms with E-state index in [0.29, 0.717) is 21.3 Å². The molecule has 10 heteroatoms. The van der Waals surface area contributed by atoms with E-state index in [-0.39, 0.29) is 6.85 Å². The molecular weight excluding hydrogens is 842 g/mol. The minimum Gasteiger partial charge on any atom is -0.384 e. The Balaban J connectivity index is 1.46. The average molecular weight is 881 g/mol. The first-order chi connectivity index (χ1) is 32.5. The Hall–Kier alpha value is -8.01. The highest BCUT2D eigenvalue weighted by molar-refractivity contribution is 7.20. The number of rotatable bonds is 9. The molecule has 0 aliphatic carbocycles. The van der Waals surface area contributed by atoms with Crippen molar-refractivity contribution in [3.63, 3.8) is 0 Å². The molecule has 0 N–H and O–H groups in total. The fourth-order valence-corrected chi connectivity index (χ4v) is 11.5. The number of nitrogens with zero attached hydrogens (tertiary/aromatic N) is 6. The number of para-hydroxylation sites is 2. The zero-order valence-corrected chi connectivity index (χ0v) is 37.8. The van der Waals surface area contributed by atoms with Crippen molar-refractivity contribution in [2.24, 2.45) is 0 Å². The molecule has 0 spiro atoms. The fourth-order valence-electron chi connectivity index (χ4n) is 9.59. The van der Waals surface area contributed by atoms with Crippen LogP contribution in [0.15, 0.2) is 194 Å². The van der Waals surface area contributed by atoms with Crippen LogP contribution in [-0.4, -0.2) is 32.6 Å². The maximum absolute atomic E-state index is 11.8. The maximum atomic E-state index is 11.8. The molecule has 0 atom stereocenters. The second-order valence-corrected chi connectivity index (χ2v) is 18.4. The van der Waals surface area contributed by atoms with Gasteiger partial charge in [-0.3, -0.25) is 0 Å². The number of benzene rings is 7. The highest BCUT2D eigenvalue weighted by Crippen LogP contribution is 2.35. The van der Waals surface area contributed by atoms with Gasteiger partial charge in [-0.15, -0.1) is 22.7 Å². The predicted octanol–water partition coefficient (Wildman–Crippen LogP) is 9.05. The fraction of sp³-hybridized carbons (Fsp3) is 0.0357. The number of fused-ring (bicyclic) bond motifs is 3. The lowest BCUT2D eigenvalue weighted by Gasteiger charge is -2.24. The van der Waals surface area contributed by atoms with E-state index in [4.69, 9.17) is 9.97 Å². The van der Waals surface area contributed by atoms with Crippen molar-refractivity contribution in [1.29, 1.82) is 5.26 Å². The van der Waals surface area contributed by atoms with Gasteiger partial charge in [0.15, 0.2) is 0 Å². The van der Waals surface area contributed by atoms with Crippen molar-refractivity contribution in [2.45, 2.75) is 13.8 Å². The van der Waals surface area contributed by atoms with Gasteiger partial charge in [-0.1, -0.05) is 191 Å². The molecule has 4 aromatic heterocycles. The van der Waals surface area contributed by atoms with Gasteiger partial charge < -0.3 is 8.96 Å². The highest BCUT2D eigenvalue weighted by Gasteiger charge is 2.36. The zero-order chi connectivity index (χ0) is 44.7. The summed E-state index contributed by atoms with van der Waals surface area (Å²) in [6, 6.07) is 69.7. The van der Waals surface area contributed by atoms with Gasteiger partial charge in [0.25, 0.3) is 0 Å². The van der Waals surface area contributed by atoms with Crippen molar-refractivity contribution in [3.8, 4) is 17.3 Å². The van der Waals surface area contributed by atoms with Gasteiger partial charge >= 0.3 is 13.7 Å². The minimum absolute atomic E-state index is 0.364. The summed E-state index contributed by atoms with van der Waals surface area (Å²) in [5.41, 5.74) is 10.7. The first-order valence-electron chi connectivity index (χ1n) is 21.8. The number of nitriles is 1. The van der Waals surface area contributed by atoms with Gasteiger partial charge in [-0.05, 0) is 49.7 Å². The molecule has 0 amide bonds. The molecule has 0 unspecified atom stereocenters. The Morgan fingerprint density at radius 2 is 1.02 bits per heavy atom. The molecule has 0 saturated carbocycles. The third kappa shape index (κ3) is 6.96. The van der Waals surface area contributed by atoms with E-state index >= 15 is 0 Å². The largest absolute Gasteiger partial charge is 0.384 e.